The van der Waals surface area contributed by atoms with Crippen LogP contribution >= 0.6 is 23.2 Å². The summed E-state index contributed by atoms with van der Waals surface area (Å²) in [5.74, 6) is -0.421. The first kappa shape index (κ1) is 18.5. The molecular formula is C21H18Cl2N2O. The Labute approximate surface area is 162 Å². The lowest BCUT2D eigenvalue weighted by Crippen LogP contribution is -2.12. The van der Waals surface area contributed by atoms with Gasteiger partial charge in [-0.15, -0.1) is 0 Å². The normalized spacial score (nSPS) is 10.7. The van der Waals surface area contributed by atoms with Crippen LogP contribution in [-0.2, 0) is 13.1 Å². The van der Waals surface area contributed by atoms with Crippen LogP contribution in [0.4, 0.5) is 0 Å². The fraction of sp³-hybridized carbons (Fsp3) is 0.0952. The number of hydrogen-bond acceptors (Lipinski definition) is 2. The zero-order valence-electron chi connectivity index (χ0n) is 14.0. The first-order chi connectivity index (χ1) is 12.5. The van der Waals surface area contributed by atoms with E-state index in [1.807, 2.05) is 36.4 Å². The number of hydrogen-bond donors (Lipinski definition) is 2. The first-order valence-electron chi connectivity index (χ1n) is 8.17. The van der Waals surface area contributed by atoms with Gasteiger partial charge in [-0.2, -0.15) is 0 Å². The zero-order chi connectivity index (χ0) is 18.5. The maximum absolute atomic E-state index is 11.3. The molecule has 0 aliphatic rings. The Hall–Kier alpha value is -2.33. The van der Waals surface area contributed by atoms with Crippen molar-refractivity contribution in [2.24, 2.45) is 5.73 Å². The number of benzene rings is 3. The van der Waals surface area contributed by atoms with Gasteiger partial charge in [-0.1, -0.05) is 65.7 Å². The molecule has 0 heterocycles. The second kappa shape index (κ2) is 8.37. The SMILES string of the molecule is NC(=O)c1cccc(-c2ccc(CNCc3ccc(Cl)c(Cl)c3)cc2)c1. The van der Waals surface area contributed by atoms with Crippen molar-refractivity contribution in [3.05, 3.63) is 93.5 Å². The summed E-state index contributed by atoms with van der Waals surface area (Å²) in [6, 6.07) is 21.1. The van der Waals surface area contributed by atoms with Crippen LogP contribution in [-0.4, -0.2) is 5.91 Å². The van der Waals surface area contributed by atoms with Crippen LogP contribution in [0.2, 0.25) is 10.0 Å². The van der Waals surface area contributed by atoms with Gasteiger partial charge in [0.2, 0.25) is 5.91 Å². The van der Waals surface area contributed by atoms with Gasteiger partial charge in [-0.05, 0) is 46.5 Å². The molecule has 0 bridgehead atoms. The maximum Gasteiger partial charge on any atom is 0.248 e. The maximum atomic E-state index is 11.3. The Kier molecular flexibility index (Phi) is 5.94. The topological polar surface area (TPSA) is 55.1 Å². The first-order valence-corrected chi connectivity index (χ1v) is 8.92. The molecule has 3 N–H and O–H groups in total. The quantitative estimate of drug-likeness (QED) is 0.624. The smallest absolute Gasteiger partial charge is 0.248 e. The number of amides is 1. The van der Waals surface area contributed by atoms with Gasteiger partial charge in [-0.3, -0.25) is 4.79 Å². The van der Waals surface area contributed by atoms with E-state index in [9.17, 15) is 4.79 Å². The molecule has 3 aromatic rings. The lowest BCUT2D eigenvalue weighted by molar-refractivity contribution is 0.100. The summed E-state index contributed by atoms with van der Waals surface area (Å²) in [5.41, 5.74) is 10.1. The zero-order valence-corrected chi connectivity index (χ0v) is 15.5. The summed E-state index contributed by atoms with van der Waals surface area (Å²) < 4.78 is 0. The number of carbonyl (C=O) groups is 1. The van der Waals surface area contributed by atoms with Crippen molar-refractivity contribution < 1.29 is 4.79 Å². The van der Waals surface area contributed by atoms with Crippen molar-refractivity contribution >= 4 is 29.1 Å². The van der Waals surface area contributed by atoms with Crippen LogP contribution in [0.5, 0.6) is 0 Å². The van der Waals surface area contributed by atoms with Crippen LogP contribution in [0.25, 0.3) is 11.1 Å². The summed E-state index contributed by atoms with van der Waals surface area (Å²) in [6.45, 7) is 1.45. The summed E-state index contributed by atoms with van der Waals surface area (Å²) in [4.78, 5) is 11.3. The second-order valence-electron chi connectivity index (χ2n) is 5.99. The van der Waals surface area contributed by atoms with Crippen molar-refractivity contribution in [3.63, 3.8) is 0 Å². The van der Waals surface area contributed by atoms with E-state index in [-0.39, 0.29) is 0 Å². The Bertz CT molecular complexity index is 924. The molecule has 26 heavy (non-hydrogen) atoms. The summed E-state index contributed by atoms with van der Waals surface area (Å²) in [5, 5.41) is 4.51. The third-order valence-electron chi connectivity index (χ3n) is 4.08. The van der Waals surface area contributed by atoms with E-state index in [2.05, 4.69) is 17.4 Å². The lowest BCUT2D eigenvalue weighted by Gasteiger charge is -2.08. The van der Waals surface area contributed by atoms with Crippen molar-refractivity contribution in [3.8, 4) is 11.1 Å². The molecule has 132 valence electrons. The van der Waals surface area contributed by atoms with Crippen LogP contribution < -0.4 is 11.1 Å². The van der Waals surface area contributed by atoms with E-state index in [1.54, 1.807) is 18.2 Å². The van der Waals surface area contributed by atoms with Crippen LogP contribution in [0.1, 0.15) is 21.5 Å². The monoisotopic (exact) mass is 384 g/mol. The molecule has 0 aliphatic heterocycles. The standard InChI is InChI=1S/C21H18Cl2N2O/c22-19-9-6-15(10-20(19)23)13-25-12-14-4-7-16(8-5-14)17-2-1-3-18(11-17)21(24)26/h1-11,25H,12-13H2,(H2,24,26). The number of rotatable bonds is 6. The summed E-state index contributed by atoms with van der Waals surface area (Å²) >= 11 is 12.0. The van der Waals surface area contributed by atoms with Gasteiger partial charge in [0, 0.05) is 18.7 Å². The number of halogens is 2. The minimum absolute atomic E-state index is 0.421. The number of carbonyl (C=O) groups excluding carboxylic acids is 1. The molecule has 0 radical (unpaired) electrons. The van der Waals surface area contributed by atoms with E-state index in [4.69, 9.17) is 28.9 Å². The number of nitrogens with two attached hydrogens (primary N) is 1. The lowest BCUT2D eigenvalue weighted by atomic mass is 10.0. The predicted octanol–water partition coefficient (Wildman–Crippen LogP) is 5.05. The van der Waals surface area contributed by atoms with Gasteiger partial charge >= 0.3 is 0 Å². The third kappa shape index (κ3) is 4.64. The molecule has 3 rings (SSSR count). The van der Waals surface area contributed by atoms with Gasteiger partial charge in [0.1, 0.15) is 0 Å². The average molecular weight is 385 g/mol. The largest absolute Gasteiger partial charge is 0.366 e. The molecule has 0 aromatic heterocycles. The van der Waals surface area contributed by atoms with Gasteiger partial charge in [0.25, 0.3) is 0 Å². The number of primary amides is 1. The van der Waals surface area contributed by atoms with Gasteiger partial charge < -0.3 is 11.1 Å². The van der Waals surface area contributed by atoms with Crippen molar-refractivity contribution in [1.29, 1.82) is 0 Å². The Morgan fingerprint density at radius 1 is 0.808 bits per heavy atom. The van der Waals surface area contributed by atoms with Crippen molar-refractivity contribution in [2.45, 2.75) is 13.1 Å². The molecule has 0 atom stereocenters. The highest BCUT2D eigenvalue weighted by atomic mass is 35.5. The Morgan fingerprint density at radius 3 is 2.19 bits per heavy atom. The molecule has 0 fully saturated rings. The molecule has 3 nitrogen and oxygen atoms in total. The molecule has 0 unspecified atom stereocenters. The molecule has 1 amide bonds. The van der Waals surface area contributed by atoms with E-state index < -0.39 is 5.91 Å². The molecule has 0 spiro atoms. The van der Waals surface area contributed by atoms with Crippen molar-refractivity contribution in [2.75, 3.05) is 0 Å². The van der Waals surface area contributed by atoms with Gasteiger partial charge in [-0.25, -0.2) is 0 Å². The van der Waals surface area contributed by atoms with E-state index in [1.165, 1.54) is 5.56 Å². The molecular weight excluding hydrogens is 367 g/mol. The fourth-order valence-corrected chi connectivity index (χ4v) is 2.99. The van der Waals surface area contributed by atoms with Crippen LogP contribution in [0.15, 0.2) is 66.7 Å². The molecule has 5 heteroatoms. The Balaban J connectivity index is 1.61. The highest BCUT2D eigenvalue weighted by molar-refractivity contribution is 6.42. The fourth-order valence-electron chi connectivity index (χ4n) is 2.67. The van der Waals surface area contributed by atoms with E-state index >= 15 is 0 Å². The Morgan fingerprint density at radius 2 is 1.50 bits per heavy atom. The minimum Gasteiger partial charge on any atom is -0.366 e. The third-order valence-corrected chi connectivity index (χ3v) is 4.82. The minimum atomic E-state index is -0.421. The molecule has 0 saturated carbocycles. The van der Waals surface area contributed by atoms with Crippen LogP contribution in [0.3, 0.4) is 0 Å². The van der Waals surface area contributed by atoms with Crippen molar-refractivity contribution in [1.82, 2.24) is 5.32 Å². The van der Waals surface area contributed by atoms with E-state index in [0.29, 0.717) is 22.2 Å². The van der Waals surface area contributed by atoms with Crippen LogP contribution in [0, 0.1) is 0 Å². The number of nitrogens with one attached hydrogen (secondary N) is 1. The van der Waals surface area contributed by atoms with Gasteiger partial charge in [0.05, 0.1) is 10.0 Å². The summed E-state index contributed by atoms with van der Waals surface area (Å²) in [6.07, 6.45) is 0. The predicted molar refractivity (Wildman–Crippen MR) is 107 cm³/mol. The molecule has 3 aromatic carbocycles. The highest BCUT2D eigenvalue weighted by Crippen LogP contribution is 2.23. The molecule has 0 saturated heterocycles. The van der Waals surface area contributed by atoms with Gasteiger partial charge in [0.15, 0.2) is 0 Å². The highest BCUT2D eigenvalue weighted by Gasteiger charge is 2.04. The van der Waals surface area contributed by atoms with E-state index in [0.717, 1.165) is 23.2 Å². The average Bonchev–Trinajstić information content (AvgIpc) is 2.65. The molecule has 0 aliphatic carbocycles. The summed E-state index contributed by atoms with van der Waals surface area (Å²) in [7, 11) is 0. The second-order valence-corrected chi connectivity index (χ2v) is 6.81.